The van der Waals surface area contributed by atoms with Crippen molar-refractivity contribution in [1.29, 1.82) is 5.41 Å². The highest BCUT2D eigenvalue weighted by Crippen LogP contribution is 2.22. The van der Waals surface area contributed by atoms with Crippen molar-refractivity contribution in [2.75, 3.05) is 5.32 Å². The van der Waals surface area contributed by atoms with Crippen LogP contribution in [0.4, 0.5) is 5.69 Å². The fraction of sp³-hybridized carbons (Fsp3) is 0.263. The van der Waals surface area contributed by atoms with Gasteiger partial charge in [0.15, 0.2) is 0 Å². The standard InChI is InChI=1S/C13H17ClN2O2.C6H6/c1-3-9-7-10(14)4-5-12(9)16-8(2)6-11(15)13(17)18;1-2-4-6-5-3-1/h4-5,7-8,15-16H,3,6H2,1-2H3,(H,17,18);1-6H. The number of hydrogen-bond acceptors (Lipinski definition) is 3. The third-order valence-electron chi connectivity index (χ3n) is 3.29. The Morgan fingerprint density at radius 3 is 2.21 bits per heavy atom. The Hall–Kier alpha value is -2.33. The summed E-state index contributed by atoms with van der Waals surface area (Å²) in [6.07, 6.45) is 1.02. The second kappa shape index (κ2) is 10.4. The molecule has 0 bridgehead atoms. The van der Waals surface area contributed by atoms with Crippen LogP contribution < -0.4 is 5.32 Å². The van der Waals surface area contributed by atoms with Crippen molar-refractivity contribution in [3.05, 3.63) is 65.2 Å². The van der Waals surface area contributed by atoms with Gasteiger partial charge in [-0.05, 0) is 37.1 Å². The van der Waals surface area contributed by atoms with Crippen molar-refractivity contribution in [1.82, 2.24) is 0 Å². The quantitative estimate of drug-likeness (QED) is 0.652. The Balaban J connectivity index is 0.000000400. The van der Waals surface area contributed by atoms with Crippen molar-refractivity contribution < 1.29 is 9.90 Å². The molecule has 0 saturated carbocycles. The van der Waals surface area contributed by atoms with Crippen molar-refractivity contribution >= 4 is 29.0 Å². The molecule has 3 N–H and O–H groups in total. The lowest BCUT2D eigenvalue weighted by Gasteiger charge is -2.17. The molecule has 1 atom stereocenters. The monoisotopic (exact) mass is 346 g/mol. The zero-order valence-electron chi connectivity index (χ0n) is 13.9. The van der Waals surface area contributed by atoms with E-state index in [1.165, 1.54) is 0 Å². The molecule has 0 saturated heterocycles. The minimum absolute atomic E-state index is 0.111. The van der Waals surface area contributed by atoms with E-state index in [1.807, 2.05) is 62.4 Å². The van der Waals surface area contributed by atoms with Crippen molar-refractivity contribution in [2.24, 2.45) is 0 Å². The van der Waals surface area contributed by atoms with Gasteiger partial charge in [-0.2, -0.15) is 0 Å². The average molecular weight is 347 g/mol. The molecule has 0 aliphatic heterocycles. The van der Waals surface area contributed by atoms with Gasteiger partial charge in [-0.1, -0.05) is 54.9 Å². The first-order valence-corrected chi connectivity index (χ1v) is 8.17. The molecule has 128 valence electrons. The number of carbonyl (C=O) groups is 1. The van der Waals surface area contributed by atoms with E-state index in [9.17, 15) is 4.79 Å². The van der Waals surface area contributed by atoms with Gasteiger partial charge in [0.2, 0.25) is 0 Å². The third-order valence-corrected chi connectivity index (χ3v) is 3.52. The number of aryl methyl sites for hydroxylation is 1. The van der Waals surface area contributed by atoms with E-state index >= 15 is 0 Å². The van der Waals surface area contributed by atoms with Crippen LogP contribution in [0.3, 0.4) is 0 Å². The van der Waals surface area contributed by atoms with Crippen LogP contribution >= 0.6 is 11.6 Å². The van der Waals surface area contributed by atoms with Gasteiger partial charge < -0.3 is 10.4 Å². The molecule has 5 heteroatoms. The highest BCUT2D eigenvalue weighted by Gasteiger charge is 2.13. The molecule has 1 unspecified atom stereocenters. The minimum Gasteiger partial charge on any atom is -0.477 e. The number of hydrogen-bond donors (Lipinski definition) is 3. The zero-order chi connectivity index (χ0) is 17.9. The number of anilines is 1. The van der Waals surface area contributed by atoms with Crippen LogP contribution in [0.25, 0.3) is 0 Å². The Morgan fingerprint density at radius 1 is 1.21 bits per heavy atom. The second-order valence-corrected chi connectivity index (χ2v) is 5.78. The van der Waals surface area contributed by atoms with Crippen LogP contribution in [0, 0.1) is 5.41 Å². The molecule has 0 fully saturated rings. The third kappa shape index (κ3) is 7.29. The maximum atomic E-state index is 10.6. The molecule has 2 aromatic carbocycles. The summed E-state index contributed by atoms with van der Waals surface area (Å²) < 4.78 is 0. The van der Waals surface area contributed by atoms with Gasteiger partial charge in [-0.25, -0.2) is 4.79 Å². The van der Waals surface area contributed by atoms with Gasteiger partial charge in [0.25, 0.3) is 0 Å². The van der Waals surface area contributed by atoms with Crippen LogP contribution in [0.2, 0.25) is 5.02 Å². The Bertz CT molecular complexity index is 633. The Morgan fingerprint density at radius 2 is 1.75 bits per heavy atom. The number of rotatable bonds is 6. The van der Waals surface area contributed by atoms with Gasteiger partial charge in [0, 0.05) is 23.2 Å². The van der Waals surface area contributed by atoms with Gasteiger partial charge in [-0.3, -0.25) is 5.41 Å². The molecule has 0 aliphatic rings. The van der Waals surface area contributed by atoms with Crippen LogP contribution in [-0.4, -0.2) is 22.8 Å². The first-order valence-electron chi connectivity index (χ1n) is 7.79. The van der Waals surface area contributed by atoms with E-state index < -0.39 is 5.97 Å². The smallest absolute Gasteiger partial charge is 0.349 e. The number of nitrogens with one attached hydrogen (secondary N) is 2. The summed E-state index contributed by atoms with van der Waals surface area (Å²) in [4.78, 5) is 10.6. The van der Waals surface area contributed by atoms with E-state index in [1.54, 1.807) is 6.07 Å². The van der Waals surface area contributed by atoms with Crippen LogP contribution in [0.15, 0.2) is 54.6 Å². The summed E-state index contributed by atoms with van der Waals surface area (Å²) in [6, 6.07) is 17.4. The molecular formula is C19H23ClN2O2. The average Bonchev–Trinajstić information content (AvgIpc) is 2.58. The summed E-state index contributed by atoms with van der Waals surface area (Å²) in [5.41, 5.74) is 1.73. The summed E-state index contributed by atoms with van der Waals surface area (Å²) in [6.45, 7) is 3.88. The molecule has 2 rings (SSSR count). The maximum Gasteiger partial charge on any atom is 0.349 e. The summed E-state index contributed by atoms with van der Waals surface area (Å²) >= 11 is 5.92. The zero-order valence-corrected chi connectivity index (χ0v) is 14.7. The number of halogens is 1. The molecule has 0 amide bonds. The molecule has 24 heavy (non-hydrogen) atoms. The Kier molecular flexibility index (Phi) is 8.58. The van der Waals surface area contributed by atoms with Crippen molar-refractivity contribution in [3.8, 4) is 0 Å². The van der Waals surface area contributed by atoms with Crippen molar-refractivity contribution in [3.63, 3.8) is 0 Å². The number of carboxylic acid groups (broad SMARTS) is 1. The first-order chi connectivity index (χ1) is 11.4. The Labute approximate surface area is 148 Å². The molecule has 2 aromatic rings. The predicted octanol–water partition coefficient (Wildman–Crippen LogP) is 4.88. The van der Waals surface area contributed by atoms with E-state index in [4.69, 9.17) is 22.1 Å². The lowest BCUT2D eigenvalue weighted by atomic mass is 10.1. The van der Waals surface area contributed by atoms with Gasteiger partial charge in [0.05, 0.1) is 0 Å². The normalized spacial score (nSPS) is 11.0. The fourth-order valence-electron chi connectivity index (χ4n) is 2.09. The van der Waals surface area contributed by atoms with Crippen LogP contribution in [0.5, 0.6) is 0 Å². The molecule has 0 spiro atoms. The minimum atomic E-state index is -1.17. The van der Waals surface area contributed by atoms with E-state index in [0.29, 0.717) is 5.02 Å². The summed E-state index contributed by atoms with van der Waals surface area (Å²) in [7, 11) is 0. The lowest BCUT2D eigenvalue weighted by Crippen LogP contribution is -2.24. The number of aliphatic carboxylic acids is 1. The SMILES string of the molecule is CCc1cc(Cl)ccc1NC(C)CC(=N)C(=O)O.c1ccccc1. The molecule has 0 radical (unpaired) electrons. The largest absolute Gasteiger partial charge is 0.477 e. The highest BCUT2D eigenvalue weighted by atomic mass is 35.5. The van der Waals surface area contributed by atoms with Crippen molar-refractivity contribution in [2.45, 2.75) is 32.7 Å². The topological polar surface area (TPSA) is 73.2 Å². The lowest BCUT2D eigenvalue weighted by molar-refractivity contribution is -0.129. The van der Waals surface area contributed by atoms with E-state index in [0.717, 1.165) is 17.7 Å². The van der Waals surface area contributed by atoms with Crippen LogP contribution in [-0.2, 0) is 11.2 Å². The molecular weight excluding hydrogens is 324 g/mol. The van der Waals surface area contributed by atoms with E-state index in [2.05, 4.69) is 5.32 Å². The second-order valence-electron chi connectivity index (χ2n) is 5.34. The molecule has 0 aromatic heterocycles. The number of carboxylic acids is 1. The van der Waals surface area contributed by atoms with Gasteiger partial charge in [0.1, 0.15) is 5.71 Å². The number of benzene rings is 2. The fourth-order valence-corrected chi connectivity index (χ4v) is 2.29. The summed E-state index contributed by atoms with van der Waals surface area (Å²) in [5, 5.41) is 19.9. The molecule has 0 heterocycles. The van der Waals surface area contributed by atoms with Gasteiger partial charge in [-0.15, -0.1) is 0 Å². The molecule has 0 aliphatic carbocycles. The van der Waals surface area contributed by atoms with Gasteiger partial charge >= 0.3 is 5.97 Å². The summed E-state index contributed by atoms with van der Waals surface area (Å²) in [5.74, 6) is -1.17. The van der Waals surface area contributed by atoms with Crippen LogP contribution in [0.1, 0.15) is 25.8 Å². The predicted molar refractivity (Wildman–Crippen MR) is 100 cm³/mol. The molecule has 4 nitrogen and oxygen atoms in total. The van der Waals surface area contributed by atoms with E-state index in [-0.39, 0.29) is 18.2 Å². The maximum absolute atomic E-state index is 10.6. The highest BCUT2D eigenvalue weighted by molar-refractivity contribution is 6.34. The first kappa shape index (κ1) is 19.7.